The Morgan fingerprint density at radius 3 is 2.29 bits per heavy atom. The summed E-state index contributed by atoms with van der Waals surface area (Å²) in [6.07, 6.45) is 0. The van der Waals surface area contributed by atoms with E-state index < -0.39 is 0 Å². The summed E-state index contributed by atoms with van der Waals surface area (Å²) in [5, 5.41) is 4.27. The van der Waals surface area contributed by atoms with Crippen LogP contribution < -0.4 is 11.2 Å². The fraction of sp³-hybridized carbons (Fsp3) is 0.176. The summed E-state index contributed by atoms with van der Waals surface area (Å²) < 4.78 is 0. The van der Waals surface area contributed by atoms with Crippen molar-refractivity contribution in [3.05, 3.63) is 65.7 Å². The summed E-state index contributed by atoms with van der Waals surface area (Å²) in [5.41, 5.74) is 11.1. The van der Waals surface area contributed by atoms with Crippen LogP contribution in [0.25, 0.3) is 0 Å². The highest BCUT2D eigenvalue weighted by atomic mass is 16.2. The number of carbonyl (C=O) groups excluding carboxylic acids is 1. The normalized spacial score (nSPS) is 11.5. The lowest BCUT2D eigenvalue weighted by Gasteiger charge is -2.11. The van der Waals surface area contributed by atoms with Gasteiger partial charge in [-0.15, -0.1) is 0 Å². The van der Waals surface area contributed by atoms with Crippen LogP contribution in [0.2, 0.25) is 0 Å². The second-order valence-electron chi connectivity index (χ2n) is 5.05. The van der Waals surface area contributed by atoms with E-state index in [4.69, 9.17) is 5.73 Å². The van der Waals surface area contributed by atoms with Gasteiger partial charge in [0.2, 0.25) is 0 Å². The third-order valence-electron chi connectivity index (χ3n) is 3.10. The first-order valence-corrected chi connectivity index (χ1v) is 6.87. The lowest BCUT2D eigenvalue weighted by molar-refractivity contribution is 0.0955. The van der Waals surface area contributed by atoms with E-state index in [-0.39, 0.29) is 11.8 Å². The quantitative estimate of drug-likeness (QED) is 0.514. The van der Waals surface area contributed by atoms with Crippen LogP contribution in [-0.2, 0) is 0 Å². The minimum absolute atomic E-state index is 0.195. The molecule has 4 nitrogen and oxygen atoms in total. The SMILES string of the molecule is CC(C)/C(=N/NC(=O)c1ccccc1N)c1ccccc1. The van der Waals surface area contributed by atoms with Gasteiger partial charge in [0, 0.05) is 5.69 Å². The van der Waals surface area contributed by atoms with Crippen LogP contribution in [0.1, 0.15) is 29.8 Å². The van der Waals surface area contributed by atoms with Crippen LogP contribution in [0, 0.1) is 5.92 Å². The summed E-state index contributed by atoms with van der Waals surface area (Å²) in [6, 6.07) is 16.7. The Bertz CT molecular complexity index is 648. The van der Waals surface area contributed by atoms with Crippen LogP contribution in [0.15, 0.2) is 59.7 Å². The second kappa shape index (κ2) is 6.70. The van der Waals surface area contributed by atoms with E-state index in [1.807, 2.05) is 44.2 Å². The summed E-state index contributed by atoms with van der Waals surface area (Å²) in [7, 11) is 0. The fourth-order valence-electron chi connectivity index (χ4n) is 2.01. The molecule has 0 spiro atoms. The molecule has 2 aromatic rings. The molecule has 1 amide bonds. The number of nitrogens with zero attached hydrogens (tertiary/aromatic N) is 1. The predicted octanol–water partition coefficient (Wildman–Crippen LogP) is 3.06. The Morgan fingerprint density at radius 1 is 1.05 bits per heavy atom. The molecule has 21 heavy (non-hydrogen) atoms. The summed E-state index contributed by atoms with van der Waals surface area (Å²) in [5.74, 6) is -0.108. The van der Waals surface area contributed by atoms with Crippen molar-refractivity contribution >= 4 is 17.3 Å². The Morgan fingerprint density at radius 2 is 1.67 bits per heavy atom. The number of nitrogen functional groups attached to an aromatic ring is 1. The summed E-state index contributed by atoms with van der Waals surface area (Å²) in [4.78, 5) is 12.1. The minimum atomic E-state index is -0.304. The first kappa shape index (κ1) is 14.8. The van der Waals surface area contributed by atoms with Crippen LogP contribution >= 0.6 is 0 Å². The van der Waals surface area contributed by atoms with Gasteiger partial charge >= 0.3 is 0 Å². The molecular weight excluding hydrogens is 262 g/mol. The van der Waals surface area contributed by atoms with Crippen molar-refractivity contribution in [1.29, 1.82) is 0 Å². The molecule has 0 aliphatic heterocycles. The number of benzene rings is 2. The number of hydrazone groups is 1. The van der Waals surface area contributed by atoms with Crippen molar-refractivity contribution in [3.63, 3.8) is 0 Å². The fourth-order valence-corrected chi connectivity index (χ4v) is 2.01. The van der Waals surface area contributed by atoms with Gasteiger partial charge < -0.3 is 5.73 Å². The Hall–Kier alpha value is -2.62. The van der Waals surface area contributed by atoms with Crippen molar-refractivity contribution < 1.29 is 4.79 Å². The third-order valence-corrected chi connectivity index (χ3v) is 3.10. The van der Waals surface area contributed by atoms with Crippen LogP contribution in [0.3, 0.4) is 0 Å². The molecule has 0 fully saturated rings. The van der Waals surface area contributed by atoms with Crippen molar-refractivity contribution in [2.24, 2.45) is 11.0 Å². The Kier molecular flexibility index (Phi) is 4.72. The predicted molar refractivity (Wildman–Crippen MR) is 86.1 cm³/mol. The first-order chi connectivity index (χ1) is 10.1. The molecule has 2 rings (SSSR count). The topological polar surface area (TPSA) is 67.5 Å². The molecule has 0 saturated carbocycles. The van der Waals surface area contributed by atoms with Gasteiger partial charge in [-0.3, -0.25) is 4.79 Å². The molecule has 0 unspecified atom stereocenters. The maximum atomic E-state index is 12.1. The number of hydrogen-bond acceptors (Lipinski definition) is 3. The van der Waals surface area contributed by atoms with Gasteiger partial charge in [-0.1, -0.05) is 56.3 Å². The molecule has 0 aromatic heterocycles. The van der Waals surface area contributed by atoms with E-state index in [1.54, 1.807) is 24.3 Å². The second-order valence-corrected chi connectivity index (χ2v) is 5.05. The molecule has 0 aliphatic carbocycles. The minimum Gasteiger partial charge on any atom is -0.398 e. The van der Waals surface area contributed by atoms with Crippen molar-refractivity contribution in [1.82, 2.24) is 5.43 Å². The third kappa shape index (κ3) is 3.69. The number of amides is 1. The first-order valence-electron chi connectivity index (χ1n) is 6.87. The van der Waals surface area contributed by atoms with E-state index in [0.717, 1.165) is 11.3 Å². The Balaban J connectivity index is 2.22. The summed E-state index contributed by atoms with van der Waals surface area (Å²) in [6.45, 7) is 4.07. The lowest BCUT2D eigenvalue weighted by Crippen LogP contribution is -2.23. The van der Waals surface area contributed by atoms with E-state index in [0.29, 0.717) is 11.3 Å². The molecule has 0 atom stereocenters. The number of hydrogen-bond donors (Lipinski definition) is 2. The number of anilines is 1. The molecule has 0 radical (unpaired) electrons. The summed E-state index contributed by atoms with van der Waals surface area (Å²) >= 11 is 0. The zero-order valence-corrected chi connectivity index (χ0v) is 12.2. The van der Waals surface area contributed by atoms with Gasteiger partial charge in [0.25, 0.3) is 5.91 Å². The highest BCUT2D eigenvalue weighted by Gasteiger charge is 2.11. The van der Waals surface area contributed by atoms with Gasteiger partial charge in [0.1, 0.15) is 0 Å². The molecule has 0 aliphatic rings. The monoisotopic (exact) mass is 281 g/mol. The molecular formula is C17H19N3O. The molecule has 0 bridgehead atoms. The maximum absolute atomic E-state index is 12.1. The molecule has 2 aromatic carbocycles. The highest BCUT2D eigenvalue weighted by Crippen LogP contribution is 2.11. The number of rotatable bonds is 4. The molecule has 108 valence electrons. The van der Waals surface area contributed by atoms with Crippen molar-refractivity contribution in [2.45, 2.75) is 13.8 Å². The van der Waals surface area contributed by atoms with E-state index in [2.05, 4.69) is 10.5 Å². The van der Waals surface area contributed by atoms with Crippen molar-refractivity contribution in [3.8, 4) is 0 Å². The molecule has 0 heterocycles. The highest BCUT2D eigenvalue weighted by molar-refractivity contribution is 6.04. The van der Waals surface area contributed by atoms with Crippen molar-refractivity contribution in [2.75, 3.05) is 5.73 Å². The van der Waals surface area contributed by atoms with E-state index >= 15 is 0 Å². The maximum Gasteiger partial charge on any atom is 0.273 e. The molecule has 4 heteroatoms. The number of nitrogens with one attached hydrogen (secondary N) is 1. The van der Waals surface area contributed by atoms with Gasteiger partial charge in [0.15, 0.2) is 0 Å². The standard InChI is InChI=1S/C17H19N3O/c1-12(2)16(13-8-4-3-5-9-13)19-20-17(21)14-10-6-7-11-15(14)18/h3-12H,18H2,1-2H3,(H,20,21)/b19-16-. The average Bonchev–Trinajstić information content (AvgIpc) is 2.48. The zero-order valence-electron chi connectivity index (χ0n) is 12.2. The number of nitrogens with two attached hydrogens (primary N) is 1. The average molecular weight is 281 g/mol. The smallest absolute Gasteiger partial charge is 0.273 e. The number of carbonyl (C=O) groups is 1. The van der Waals surface area contributed by atoms with Crippen LogP contribution in [0.4, 0.5) is 5.69 Å². The van der Waals surface area contributed by atoms with Gasteiger partial charge in [-0.25, -0.2) is 5.43 Å². The van der Waals surface area contributed by atoms with Crippen LogP contribution in [0.5, 0.6) is 0 Å². The van der Waals surface area contributed by atoms with Gasteiger partial charge in [-0.05, 0) is 23.6 Å². The van der Waals surface area contributed by atoms with Crippen LogP contribution in [-0.4, -0.2) is 11.6 Å². The lowest BCUT2D eigenvalue weighted by atomic mass is 10.0. The van der Waals surface area contributed by atoms with E-state index in [1.165, 1.54) is 0 Å². The zero-order chi connectivity index (χ0) is 15.2. The molecule has 0 saturated heterocycles. The van der Waals surface area contributed by atoms with E-state index in [9.17, 15) is 4.79 Å². The van der Waals surface area contributed by atoms with Gasteiger partial charge in [-0.2, -0.15) is 5.10 Å². The molecule has 3 N–H and O–H groups in total. The van der Waals surface area contributed by atoms with Gasteiger partial charge in [0.05, 0.1) is 11.3 Å². The Labute approximate surface area is 124 Å². The number of para-hydroxylation sites is 1. The largest absolute Gasteiger partial charge is 0.398 e.